The largest absolute Gasteiger partial charge is 0.310 e. The van der Waals surface area contributed by atoms with E-state index in [-0.39, 0.29) is 5.03 Å². The van der Waals surface area contributed by atoms with Crippen LogP contribution in [-0.4, -0.2) is 36.0 Å². The predicted octanol–water partition coefficient (Wildman–Crippen LogP) is 1.54. The number of aromatic amines is 1. The third-order valence-electron chi connectivity index (χ3n) is 3.46. The summed E-state index contributed by atoms with van der Waals surface area (Å²) in [5.74, 6) is 0. The van der Waals surface area contributed by atoms with Crippen molar-refractivity contribution in [3.63, 3.8) is 0 Å². The van der Waals surface area contributed by atoms with Gasteiger partial charge in [0.15, 0.2) is 5.03 Å². The minimum atomic E-state index is -3.55. The maximum Gasteiger partial charge on any atom is 0.260 e. The van der Waals surface area contributed by atoms with Gasteiger partial charge in [-0.1, -0.05) is 6.07 Å². The van der Waals surface area contributed by atoms with Gasteiger partial charge in [0.2, 0.25) is 0 Å². The molecule has 2 aromatic heterocycles. The molecule has 1 saturated carbocycles. The van der Waals surface area contributed by atoms with Crippen molar-refractivity contribution in [3.05, 3.63) is 34.2 Å². The molecule has 0 bridgehead atoms. The molecule has 0 radical (unpaired) electrons. The monoisotopic (exact) mass is 326 g/mol. The lowest BCUT2D eigenvalue weighted by molar-refractivity contribution is 0.465. The lowest BCUT2D eigenvalue weighted by atomic mass is 10.3. The van der Waals surface area contributed by atoms with Crippen molar-refractivity contribution in [3.8, 4) is 0 Å². The molecular formula is C13H18N4O2S2. The second-order valence-corrected chi connectivity index (χ2v) is 8.23. The van der Waals surface area contributed by atoms with Crippen LogP contribution in [0.25, 0.3) is 0 Å². The molecule has 2 heterocycles. The second-order valence-electron chi connectivity index (χ2n) is 5.22. The van der Waals surface area contributed by atoms with Gasteiger partial charge >= 0.3 is 0 Å². The molecule has 0 amide bonds. The van der Waals surface area contributed by atoms with Crippen LogP contribution < -0.4 is 5.32 Å². The van der Waals surface area contributed by atoms with Gasteiger partial charge < -0.3 is 5.32 Å². The van der Waals surface area contributed by atoms with Crippen LogP contribution >= 0.6 is 11.3 Å². The number of hydrogen-bond acceptors (Lipinski definition) is 5. The van der Waals surface area contributed by atoms with Crippen molar-refractivity contribution in [1.29, 1.82) is 0 Å². The Morgan fingerprint density at radius 2 is 2.33 bits per heavy atom. The molecule has 0 atom stereocenters. The van der Waals surface area contributed by atoms with E-state index < -0.39 is 10.0 Å². The van der Waals surface area contributed by atoms with Gasteiger partial charge in [-0.05, 0) is 24.3 Å². The maximum atomic E-state index is 12.6. The van der Waals surface area contributed by atoms with Crippen LogP contribution in [0, 0.1) is 0 Å². The Morgan fingerprint density at radius 1 is 1.52 bits per heavy atom. The highest BCUT2D eigenvalue weighted by atomic mass is 32.2. The van der Waals surface area contributed by atoms with Gasteiger partial charge in [-0.3, -0.25) is 5.10 Å². The number of H-pyrrole nitrogens is 1. The molecule has 114 valence electrons. The minimum absolute atomic E-state index is 0.190. The van der Waals surface area contributed by atoms with Crippen LogP contribution in [0.5, 0.6) is 0 Å². The molecule has 0 aromatic carbocycles. The summed E-state index contributed by atoms with van der Waals surface area (Å²) in [6.07, 6.45) is 3.91. The first-order valence-electron chi connectivity index (χ1n) is 6.81. The molecule has 1 aliphatic carbocycles. The Bertz CT molecular complexity index is 690. The summed E-state index contributed by atoms with van der Waals surface area (Å²) in [5.41, 5.74) is 0.694. The smallest absolute Gasteiger partial charge is 0.260 e. The molecule has 6 nitrogen and oxygen atoms in total. The molecular weight excluding hydrogens is 308 g/mol. The zero-order valence-electron chi connectivity index (χ0n) is 11.7. The quantitative estimate of drug-likeness (QED) is 0.809. The number of thiophene rings is 1. The van der Waals surface area contributed by atoms with Crippen LogP contribution in [0.4, 0.5) is 0 Å². The number of hydrogen-bond donors (Lipinski definition) is 2. The van der Waals surface area contributed by atoms with E-state index in [1.54, 1.807) is 24.6 Å². The molecule has 0 saturated heterocycles. The van der Waals surface area contributed by atoms with E-state index in [9.17, 15) is 8.42 Å². The maximum absolute atomic E-state index is 12.6. The summed E-state index contributed by atoms with van der Waals surface area (Å²) in [5, 5.41) is 12.0. The number of sulfonamides is 1. The number of nitrogens with zero attached hydrogens (tertiary/aromatic N) is 2. The van der Waals surface area contributed by atoms with Crippen LogP contribution in [0.3, 0.4) is 0 Å². The summed E-state index contributed by atoms with van der Waals surface area (Å²) >= 11 is 1.55. The Morgan fingerprint density at radius 3 is 3.00 bits per heavy atom. The molecule has 0 aliphatic heterocycles. The Kier molecular flexibility index (Phi) is 4.12. The van der Waals surface area contributed by atoms with Gasteiger partial charge in [0.1, 0.15) is 0 Å². The lowest BCUT2D eigenvalue weighted by Crippen LogP contribution is -2.28. The fraction of sp³-hybridized carbons (Fsp3) is 0.462. The SMILES string of the molecule is CN(Cc1cccs1)S(=O)(=O)c1[nH]ncc1CNC1CC1. The third-order valence-corrected chi connectivity index (χ3v) is 6.14. The van der Waals surface area contributed by atoms with Crippen LogP contribution in [0.15, 0.2) is 28.7 Å². The van der Waals surface area contributed by atoms with E-state index in [4.69, 9.17) is 0 Å². The molecule has 3 rings (SSSR count). The third kappa shape index (κ3) is 3.34. The highest BCUT2D eigenvalue weighted by Crippen LogP contribution is 2.22. The Hall–Kier alpha value is -1.22. The fourth-order valence-electron chi connectivity index (χ4n) is 2.05. The van der Waals surface area contributed by atoms with Crippen LogP contribution in [0.1, 0.15) is 23.3 Å². The van der Waals surface area contributed by atoms with Crippen molar-refractivity contribution in [2.75, 3.05) is 7.05 Å². The van der Waals surface area contributed by atoms with E-state index >= 15 is 0 Å². The van der Waals surface area contributed by atoms with E-state index in [2.05, 4.69) is 15.5 Å². The molecule has 1 fully saturated rings. The fourth-order valence-corrected chi connectivity index (χ4v) is 4.14. The second kappa shape index (κ2) is 5.88. The van der Waals surface area contributed by atoms with Crippen molar-refractivity contribution >= 4 is 21.4 Å². The number of aromatic nitrogens is 2. The van der Waals surface area contributed by atoms with Crippen molar-refractivity contribution < 1.29 is 8.42 Å². The summed E-state index contributed by atoms with van der Waals surface area (Å²) in [6.45, 7) is 0.900. The molecule has 1 aliphatic rings. The molecule has 0 spiro atoms. The summed E-state index contributed by atoms with van der Waals surface area (Å²) in [7, 11) is -1.96. The van der Waals surface area contributed by atoms with Crippen molar-refractivity contribution in [2.24, 2.45) is 0 Å². The van der Waals surface area contributed by atoms with E-state index in [0.717, 1.165) is 17.7 Å². The zero-order chi connectivity index (χ0) is 14.9. The summed E-state index contributed by atoms with van der Waals surface area (Å²) in [4.78, 5) is 1.01. The average Bonchev–Trinajstić information content (AvgIpc) is 2.93. The predicted molar refractivity (Wildman–Crippen MR) is 81.4 cm³/mol. The first kappa shape index (κ1) is 14.7. The molecule has 21 heavy (non-hydrogen) atoms. The van der Waals surface area contributed by atoms with E-state index in [1.165, 1.54) is 4.31 Å². The first-order valence-corrected chi connectivity index (χ1v) is 9.13. The highest BCUT2D eigenvalue weighted by Gasteiger charge is 2.27. The minimum Gasteiger partial charge on any atom is -0.310 e. The molecule has 2 aromatic rings. The molecule has 2 N–H and O–H groups in total. The van der Waals surface area contributed by atoms with Gasteiger partial charge in [0.25, 0.3) is 10.0 Å². The average molecular weight is 326 g/mol. The van der Waals surface area contributed by atoms with Gasteiger partial charge in [-0.25, -0.2) is 8.42 Å². The number of nitrogens with one attached hydrogen (secondary N) is 2. The van der Waals surface area contributed by atoms with Crippen molar-refractivity contribution in [2.45, 2.75) is 37.0 Å². The standard InChI is InChI=1S/C13H18N4O2S2/c1-17(9-12-3-2-6-20-12)21(18,19)13-10(8-15-16-13)7-14-11-4-5-11/h2-3,6,8,11,14H,4-5,7,9H2,1H3,(H,15,16). The van der Waals surface area contributed by atoms with E-state index in [1.807, 2.05) is 17.5 Å². The van der Waals surface area contributed by atoms with Gasteiger partial charge in [-0.2, -0.15) is 9.40 Å². The molecule has 8 heteroatoms. The normalized spacial score (nSPS) is 15.7. The highest BCUT2D eigenvalue weighted by molar-refractivity contribution is 7.89. The summed E-state index contributed by atoms with van der Waals surface area (Å²) in [6, 6.07) is 4.38. The van der Waals surface area contributed by atoms with Gasteiger partial charge in [-0.15, -0.1) is 11.3 Å². The Balaban J connectivity index is 1.75. The van der Waals surface area contributed by atoms with Gasteiger partial charge in [0, 0.05) is 36.6 Å². The topological polar surface area (TPSA) is 78.1 Å². The van der Waals surface area contributed by atoms with Crippen LogP contribution in [-0.2, 0) is 23.1 Å². The van der Waals surface area contributed by atoms with Crippen molar-refractivity contribution in [1.82, 2.24) is 19.8 Å². The van der Waals surface area contributed by atoms with Crippen LogP contribution in [0.2, 0.25) is 0 Å². The van der Waals surface area contributed by atoms with Gasteiger partial charge in [0.05, 0.1) is 6.20 Å². The first-order chi connectivity index (χ1) is 10.1. The Labute approximate surface area is 128 Å². The number of rotatable bonds is 7. The lowest BCUT2D eigenvalue weighted by Gasteiger charge is -2.16. The summed E-state index contributed by atoms with van der Waals surface area (Å²) < 4.78 is 26.6. The van der Waals surface area contributed by atoms with E-state index in [0.29, 0.717) is 24.7 Å². The zero-order valence-corrected chi connectivity index (χ0v) is 13.4. The molecule has 0 unspecified atom stereocenters.